The quantitative estimate of drug-likeness (QED) is 0.898. The molecule has 1 fully saturated rings. The molecule has 3 unspecified atom stereocenters. The van der Waals surface area contributed by atoms with Crippen LogP contribution in [0.15, 0.2) is 24.3 Å². The van der Waals surface area contributed by atoms with Gasteiger partial charge in [-0.15, -0.1) is 12.4 Å². The first-order valence-electron chi connectivity index (χ1n) is 8.35. The average Bonchev–Trinajstić information content (AvgIpc) is 2.52. The summed E-state index contributed by atoms with van der Waals surface area (Å²) in [5.74, 6) is 0.831. The van der Waals surface area contributed by atoms with Crippen molar-refractivity contribution in [3.8, 4) is 0 Å². The summed E-state index contributed by atoms with van der Waals surface area (Å²) in [7, 11) is 0. The first-order valence-corrected chi connectivity index (χ1v) is 8.35. The minimum absolute atomic E-state index is 0. The van der Waals surface area contributed by atoms with Gasteiger partial charge in [-0.3, -0.25) is 4.79 Å². The second-order valence-electron chi connectivity index (χ2n) is 6.66. The van der Waals surface area contributed by atoms with Gasteiger partial charge in [0.2, 0.25) is 5.91 Å². The first-order chi connectivity index (χ1) is 10.2. The molecule has 0 aliphatic heterocycles. The van der Waals surface area contributed by atoms with Gasteiger partial charge in [-0.25, -0.2) is 0 Å². The Morgan fingerprint density at radius 3 is 2.82 bits per heavy atom. The predicted octanol–water partition coefficient (Wildman–Crippen LogP) is 3.16. The maximum Gasteiger partial charge on any atom is 0.223 e. The van der Waals surface area contributed by atoms with E-state index >= 15 is 0 Å². The second kappa shape index (κ2) is 7.98. The highest BCUT2D eigenvalue weighted by molar-refractivity contribution is 5.85. The number of nitrogens with two attached hydrogens (primary N) is 1. The molecule has 0 bridgehead atoms. The maximum atomic E-state index is 12.3. The molecular formula is C18H27ClN2O. The highest BCUT2D eigenvalue weighted by Crippen LogP contribution is 2.31. The third-order valence-electron chi connectivity index (χ3n) is 5.10. The Kier molecular flexibility index (Phi) is 6.27. The lowest BCUT2D eigenvalue weighted by molar-refractivity contribution is -0.126. The van der Waals surface area contributed by atoms with E-state index in [-0.39, 0.29) is 30.3 Å². The van der Waals surface area contributed by atoms with Crippen molar-refractivity contribution in [2.24, 2.45) is 11.7 Å². The molecule has 0 radical (unpaired) electrons. The first kappa shape index (κ1) is 17.3. The number of halogens is 1. The molecule has 3 atom stereocenters. The summed E-state index contributed by atoms with van der Waals surface area (Å²) < 4.78 is 0. The van der Waals surface area contributed by atoms with Gasteiger partial charge in [-0.05, 0) is 49.7 Å². The van der Waals surface area contributed by atoms with Crippen LogP contribution in [0.2, 0.25) is 0 Å². The van der Waals surface area contributed by atoms with Crippen LogP contribution in [0.1, 0.15) is 55.6 Å². The van der Waals surface area contributed by atoms with Crippen LogP contribution in [0.5, 0.6) is 0 Å². The van der Waals surface area contributed by atoms with Crippen molar-refractivity contribution in [2.75, 3.05) is 6.54 Å². The number of hydrogen-bond donors (Lipinski definition) is 2. The van der Waals surface area contributed by atoms with Crippen molar-refractivity contribution in [1.82, 2.24) is 5.32 Å². The maximum absolute atomic E-state index is 12.3. The number of aryl methyl sites for hydroxylation is 1. The minimum Gasteiger partial charge on any atom is -0.355 e. The molecule has 0 saturated heterocycles. The van der Waals surface area contributed by atoms with Gasteiger partial charge in [0.1, 0.15) is 0 Å². The molecule has 1 amide bonds. The normalized spacial score (nSPS) is 27.4. The lowest BCUT2D eigenvalue weighted by atomic mass is 9.82. The molecule has 1 aromatic carbocycles. The smallest absolute Gasteiger partial charge is 0.223 e. The third-order valence-corrected chi connectivity index (χ3v) is 5.10. The largest absolute Gasteiger partial charge is 0.355 e. The van der Waals surface area contributed by atoms with E-state index in [1.54, 1.807) is 0 Å². The molecular weight excluding hydrogens is 296 g/mol. The molecule has 122 valence electrons. The SMILES string of the molecule is Cl.NC1CCCC(C(=O)NCC2CCCc3ccccc32)C1. The fraction of sp³-hybridized carbons (Fsp3) is 0.611. The number of rotatable bonds is 3. The van der Waals surface area contributed by atoms with Crippen LogP contribution >= 0.6 is 12.4 Å². The molecule has 4 heteroatoms. The molecule has 2 aliphatic rings. The van der Waals surface area contributed by atoms with Gasteiger partial charge >= 0.3 is 0 Å². The summed E-state index contributed by atoms with van der Waals surface area (Å²) in [5, 5.41) is 3.19. The topological polar surface area (TPSA) is 55.1 Å². The lowest BCUT2D eigenvalue weighted by Gasteiger charge is -2.28. The fourth-order valence-corrected chi connectivity index (χ4v) is 3.90. The van der Waals surface area contributed by atoms with Crippen LogP contribution in [0, 0.1) is 5.92 Å². The fourth-order valence-electron chi connectivity index (χ4n) is 3.90. The number of nitrogens with one attached hydrogen (secondary N) is 1. The van der Waals surface area contributed by atoms with Crippen molar-refractivity contribution in [3.05, 3.63) is 35.4 Å². The zero-order valence-electron chi connectivity index (χ0n) is 13.1. The molecule has 3 rings (SSSR count). The van der Waals surface area contributed by atoms with Crippen molar-refractivity contribution in [3.63, 3.8) is 0 Å². The molecule has 22 heavy (non-hydrogen) atoms. The number of fused-ring (bicyclic) bond motifs is 1. The molecule has 0 spiro atoms. The standard InChI is InChI=1S/C18H26N2O.ClH/c19-16-9-4-7-14(11-16)18(21)20-12-15-8-3-6-13-5-1-2-10-17(13)15;/h1-2,5,10,14-16H,3-4,6-9,11-12,19H2,(H,20,21);1H. The molecule has 1 aromatic rings. The van der Waals surface area contributed by atoms with Gasteiger partial charge in [0, 0.05) is 24.4 Å². The van der Waals surface area contributed by atoms with E-state index in [4.69, 9.17) is 5.73 Å². The zero-order valence-corrected chi connectivity index (χ0v) is 13.9. The zero-order chi connectivity index (χ0) is 14.7. The number of carbonyl (C=O) groups excluding carboxylic acids is 1. The van der Waals surface area contributed by atoms with Crippen molar-refractivity contribution in [2.45, 2.75) is 56.9 Å². The van der Waals surface area contributed by atoms with E-state index in [0.29, 0.717) is 5.92 Å². The monoisotopic (exact) mass is 322 g/mol. The summed E-state index contributed by atoms with van der Waals surface area (Å²) in [6, 6.07) is 8.89. The molecule has 2 aliphatic carbocycles. The predicted molar refractivity (Wildman–Crippen MR) is 92.3 cm³/mol. The third kappa shape index (κ3) is 4.02. The Morgan fingerprint density at radius 1 is 1.18 bits per heavy atom. The van der Waals surface area contributed by atoms with Gasteiger partial charge in [0.15, 0.2) is 0 Å². The Labute approximate surface area is 139 Å². The number of carbonyl (C=O) groups is 1. The van der Waals surface area contributed by atoms with Gasteiger partial charge in [0.05, 0.1) is 0 Å². The number of amides is 1. The Morgan fingerprint density at radius 2 is 2.00 bits per heavy atom. The van der Waals surface area contributed by atoms with Gasteiger partial charge < -0.3 is 11.1 Å². The van der Waals surface area contributed by atoms with E-state index in [9.17, 15) is 4.79 Å². The summed E-state index contributed by atoms with van der Waals surface area (Å²) in [6.07, 6.45) is 7.60. The van der Waals surface area contributed by atoms with E-state index < -0.39 is 0 Å². The van der Waals surface area contributed by atoms with Crippen LogP contribution in [0.3, 0.4) is 0 Å². The Bertz CT molecular complexity index is 506. The van der Waals surface area contributed by atoms with Crippen LogP contribution in [0.4, 0.5) is 0 Å². The molecule has 1 saturated carbocycles. The number of hydrogen-bond acceptors (Lipinski definition) is 2. The van der Waals surface area contributed by atoms with E-state index in [1.807, 2.05) is 0 Å². The van der Waals surface area contributed by atoms with E-state index in [2.05, 4.69) is 29.6 Å². The van der Waals surface area contributed by atoms with Crippen molar-refractivity contribution >= 4 is 18.3 Å². The summed E-state index contributed by atoms with van der Waals surface area (Å²) >= 11 is 0. The highest BCUT2D eigenvalue weighted by Gasteiger charge is 2.26. The van der Waals surface area contributed by atoms with Crippen LogP contribution in [-0.2, 0) is 11.2 Å². The van der Waals surface area contributed by atoms with Crippen LogP contribution in [0.25, 0.3) is 0 Å². The van der Waals surface area contributed by atoms with E-state index in [1.165, 1.54) is 30.4 Å². The average molecular weight is 323 g/mol. The molecule has 3 nitrogen and oxygen atoms in total. The van der Waals surface area contributed by atoms with Crippen LogP contribution < -0.4 is 11.1 Å². The van der Waals surface area contributed by atoms with Gasteiger partial charge in [-0.2, -0.15) is 0 Å². The molecule has 0 aromatic heterocycles. The minimum atomic E-state index is 0. The van der Waals surface area contributed by atoms with Crippen molar-refractivity contribution in [1.29, 1.82) is 0 Å². The highest BCUT2D eigenvalue weighted by atomic mass is 35.5. The second-order valence-corrected chi connectivity index (χ2v) is 6.66. The van der Waals surface area contributed by atoms with E-state index in [0.717, 1.165) is 32.2 Å². The summed E-state index contributed by atoms with van der Waals surface area (Å²) in [4.78, 5) is 12.3. The van der Waals surface area contributed by atoms with Gasteiger partial charge in [0.25, 0.3) is 0 Å². The molecule has 0 heterocycles. The lowest BCUT2D eigenvalue weighted by Crippen LogP contribution is -2.39. The Hall–Kier alpha value is -1.06. The summed E-state index contributed by atoms with van der Waals surface area (Å²) in [5.41, 5.74) is 8.88. The van der Waals surface area contributed by atoms with Gasteiger partial charge in [-0.1, -0.05) is 30.7 Å². The number of benzene rings is 1. The van der Waals surface area contributed by atoms with Crippen LogP contribution in [-0.4, -0.2) is 18.5 Å². The molecule has 3 N–H and O–H groups in total. The Balaban J connectivity index is 0.00000176. The summed E-state index contributed by atoms with van der Waals surface area (Å²) in [6.45, 7) is 0.779. The van der Waals surface area contributed by atoms with Crippen molar-refractivity contribution < 1.29 is 4.79 Å².